The third kappa shape index (κ3) is 5.01. The van der Waals surface area contributed by atoms with E-state index in [-0.39, 0.29) is 12.5 Å². The zero-order valence-corrected chi connectivity index (χ0v) is 18.2. The number of furan rings is 1. The summed E-state index contributed by atoms with van der Waals surface area (Å²) in [4.78, 5) is 18.2. The predicted molar refractivity (Wildman–Crippen MR) is 121 cm³/mol. The van der Waals surface area contributed by atoms with Gasteiger partial charge in [0.25, 0.3) is 5.91 Å². The lowest BCUT2D eigenvalue weighted by atomic mass is 10.1. The molecule has 0 aliphatic rings. The molecule has 7 nitrogen and oxygen atoms in total. The Morgan fingerprint density at radius 3 is 2.48 bits per heavy atom. The van der Waals surface area contributed by atoms with Crippen LogP contribution < -0.4 is 10.0 Å². The lowest BCUT2D eigenvalue weighted by Crippen LogP contribution is -2.23. The number of carbonyl (C=O) groups excluding carboxylic acids is 1. The van der Waals surface area contributed by atoms with Crippen molar-refractivity contribution in [2.24, 2.45) is 0 Å². The molecule has 31 heavy (non-hydrogen) atoms. The number of rotatable bonds is 7. The summed E-state index contributed by atoms with van der Waals surface area (Å²) in [5, 5.41) is 3.48. The van der Waals surface area contributed by atoms with Crippen molar-refractivity contribution in [3.63, 3.8) is 0 Å². The van der Waals surface area contributed by atoms with E-state index >= 15 is 0 Å². The van der Waals surface area contributed by atoms with E-state index in [4.69, 9.17) is 4.42 Å². The van der Waals surface area contributed by atoms with Crippen LogP contribution in [0.15, 0.2) is 77.4 Å². The Labute approximate surface area is 183 Å². The Morgan fingerprint density at radius 2 is 1.77 bits per heavy atom. The van der Waals surface area contributed by atoms with E-state index in [2.05, 4.69) is 15.0 Å². The molecule has 0 atom stereocenters. The van der Waals surface area contributed by atoms with E-state index in [0.29, 0.717) is 32.6 Å². The topological polar surface area (TPSA) is 101 Å². The van der Waals surface area contributed by atoms with Gasteiger partial charge in [0.15, 0.2) is 10.8 Å². The van der Waals surface area contributed by atoms with Gasteiger partial charge in [-0.2, -0.15) is 0 Å². The van der Waals surface area contributed by atoms with Crippen LogP contribution in [0.1, 0.15) is 15.2 Å². The fraction of sp³-hybridized carbons (Fsp3) is 0.0909. The molecule has 4 rings (SSSR count). The molecule has 0 unspecified atom stereocenters. The number of amides is 1. The number of thiazole rings is 1. The molecule has 0 aliphatic heterocycles. The second-order valence-electron chi connectivity index (χ2n) is 6.75. The molecular formula is C22H19N3O4S2. The molecule has 0 spiro atoms. The van der Waals surface area contributed by atoms with Gasteiger partial charge in [0.05, 0.1) is 23.9 Å². The molecule has 0 aliphatic carbocycles. The highest BCUT2D eigenvalue weighted by atomic mass is 32.2. The van der Waals surface area contributed by atoms with Gasteiger partial charge in [0, 0.05) is 12.1 Å². The van der Waals surface area contributed by atoms with Gasteiger partial charge in [-0.05, 0) is 23.8 Å². The molecule has 0 bridgehead atoms. The SMILES string of the molecule is CS(=O)(=O)Nc1ccccc1CNC(=O)c1sc(-c2ccco2)nc1-c1ccccc1. The lowest BCUT2D eigenvalue weighted by Gasteiger charge is -2.11. The summed E-state index contributed by atoms with van der Waals surface area (Å²) in [7, 11) is -3.44. The summed E-state index contributed by atoms with van der Waals surface area (Å²) in [6.45, 7) is 0.153. The number of aromatic nitrogens is 1. The smallest absolute Gasteiger partial charge is 0.263 e. The van der Waals surface area contributed by atoms with Crippen LogP contribution in [0.25, 0.3) is 22.0 Å². The summed E-state index contributed by atoms with van der Waals surface area (Å²) in [6, 6.07) is 19.9. The highest BCUT2D eigenvalue weighted by Crippen LogP contribution is 2.34. The minimum atomic E-state index is -3.44. The van der Waals surface area contributed by atoms with Crippen molar-refractivity contribution in [2.75, 3.05) is 11.0 Å². The normalized spacial score (nSPS) is 11.3. The van der Waals surface area contributed by atoms with Crippen molar-refractivity contribution in [3.05, 3.63) is 83.4 Å². The predicted octanol–water partition coefficient (Wildman–Crippen LogP) is 4.37. The Kier molecular flexibility index (Phi) is 5.88. The molecule has 2 heterocycles. The average molecular weight is 454 g/mol. The van der Waals surface area contributed by atoms with Gasteiger partial charge in [-0.25, -0.2) is 13.4 Å². The maximum atomic E-state index is 13.1. The minimum absolute atomic E-state index is 0.153. The van der Waals surface area contributed by atoms with Gasteiger partial charge < -0.3 is 9.73 Å². The zero-order valence-electron chi connectivity index (χ0n) is 16.5. The molecule has 2 N–H and O–H groups in total. The third-order valence-electron chi connectivity index (χ3n) is 4.36. The number of hydrogen-bond acceptors (Lipinski definition) is 6. The van der Waals surface area contributed by atoms with Crippen LogP contribution in [-0.4, -0.2) is 25.6 Å². The van der Waals surface area contributed by atoms with E-state index < -0.39 is 10.0 Å². The van der Waals surface area contributed by atoms with Gasteiger partial charge in [-0.15, -0.1) is 11.3 Å². The Balaban J connectivity index is 1.62. The van der Waals surface area contributed by atoms with E-state index in [1.165, 1.54) is 11.3 Å². The molecule has 0 fully saturated rings. The first-order chi connectivity index (χ1) is 14.9. The third-order valence-corrected chi connectivity index (χ3v) is 6.02. The van der Waals surface area contributed by atoms with Gasteiger partial charge in [-0.1, -0.05) is 48.5 Å². The molecule has 0 saturated heterocycles. The monoisotopic (exact) mass is 453 g/mol. The maximum absolute atomic E-state index is 13.1. The number of hydrogen-bond donors (Lipinski definition) is 2. The number of carbonyl (C=O) groups is 1. The van der Waals surface area contributed by atoms with Crippen LogP contribution in [0, 0.1) is 0 Å². The second kappa shape index (κ2) is 8.75. The van der Waals surface area contributed by atoms with Crippen molar-refractivity contribution < 1.29 is 17.6 Å². The lowest BCUT2D eigenvalue weighted by molar-refractivity contribution is 0.0955. The molecule has 2 aromatic carbocycles. The van der Waals surface area contributed by atoms with Crippen LogP contribution in [0.2, 0.25) is 0 Å². The molecular weight excluding hydrogens is 434 g/mol. The first-order valence-electron chi connectivity index (χ1n) is 9.35. The minimum Gasteiger partial charge on any atom is -0.462 e. The van der Waals surface area contributed by atoms with Crippen molar-refractivity contribution in [2.45, 2.75) is 6.54 Å². The molecule has 1 amide bonds. The van der Waals surface area contributed by atoms with E-state index in [0.717, 1.165) is 11.8 Å². The van der Waals surface area contributed by atoms with Crippen molar-refractivity contribution in [3.8, 4) is 22.0 Å². The Morgan fingerprint density at radius 1 is 1.03 bits per heavy atom. The largest absolute Gasteiger partial charge is 0.462 e. The molecule has 0 saturated carbocycles. The van der Waals surface area contributed by atoms with Crippen LogP contribution in [0.3, 0.4) is 0 Å². The fourth-order valence-electron chi connectivity index (χ4n) is 3.00. The van der Waals surface area contributed by atoms with Gasteiger partial charge in [0.2, 0.25) is 10.0 Å². The quantitative estimate of drug-likeness (QED) is 0.433. The summed E-state index contributed by atoms with van der Waals surface area (Å²) >= 11 is 1.24. The molecule has 0 radical (unpaired) electrons. The fourth-order valence-corrected chi connectivity index (χ4v) is 4.57. The van der Waals surface area contributed by atoms with Crippen LogP contribution >= 0.6 is 11.3 Å². The van der Waals surface area contributed by atoms with Crippen LogP contribution in [-0.2, 0) is 16.6 Å². The number of nitrogens with zero attached hydrogens (tertiary/aromatic N) is 1. The summed E-state index contributed by atoms with van der Waals surface area (Å²) < 4.78 is 31.1. The number of anilines is 1. The average Bonchev–Trinajstić information content (AvgIpc) is 3.42. The highest BCUT2D eigenvalue weighted by Gasteiger charge is 2.21. The molecule has 9 heteroatoms. The summed E-state index contributed by atoms with van der Waals surface area (Å²) in [5.74, 6) is 0.284. The van der Waals surface area contributed by atoms with Crippen molar-refractivity contribution in [1.29, 1.82) is 0 Å². The Bertz CT molecular complexity index is 1300. The molecule has 158 valence electrons. The van der Waals surface area contributed by atoms with E-state index in [9.17, 15) is 13.2 Å². The number of benzene rings is 2. The van der Waals surface area contributed by atoms with Gasteiger partial charge >= 0.3 is 0 Å². The standard InChI is InChI=1S/C22H19N3O4S2/c1-31(27,28)25-17-11-6-5-10-16(17)14-23-21(26)20-19(15-8-3-2-4-9-15)24-22(30-20)18-12-7-13-29-18/h2-13,25H,14H2,1H3,(H,23,26). The van der Waals surface area contributed by atoms with E-state index in [1.54, 1.807) is 42.7 Å². The number of para-hydroxylation sites is 1. The second-order valence-corrected chi connectivity index (χ2v) is 9.50. The zero-order chi connectivity index (χ0) is 21.8. The first kappa shape index (κ1) is 20.8. The Hall–Kier alpha value is -3.43. The van der Waals surface area contributed by atoms with Gasteiger partial charge in [-0.3, -0.25) is 9.52 Å². The van der Waals surface area contributed by atoms with E-state index in [1.807, 2.05) is 30.3 Å². The molecule has 2 aromatic heterocycles. The maximum Gasteiger partial charge on any atom is 0.263 e. The van der Waals surface area contributed by atoms with Crippen molar-refractivity contribution >= 4 is 33.0 Å². The highest BCUT2D eigenvalue weighted by molar-refractivity contribution is 7.92. The first-order valence-corrected chi connectivity index (χ1v) is 12.1. The van der Waals surface area contributed by atoms with Crippen molar-refractivity contribution in [1.82, 2.24) is 10.3 Å². The number of sulfonamides is 1. The van der Waals surface area contributed by atoms with Gasteiger partial charge in [0.1, 0.15) is 4.88 Å². The van der Waals surface area contributed by atoms with Crippen LogP contribution in [0.4, 0.5) is 5.69 Å². The van der Waals surface area contributed by atoms with Crippen LogP contribution in [0.5, 0.6) is 0 Å². The summed E-state index contributed by atoms with van der Waals surface area (Å²) in [6.07, 6.45) is 2.65. The number of nitrogens with one attached hydrogen (secondary N) is 2. The molecule has 4 aromatic rings. The summed E-state index contributed by atoms with van der Waals surface area (Å²) in [5.41, 5.74) is 2.46.